The normalized spacial score (nSPS) is 22.6. The molecule has 0 spiro atoms. The van der Waals surface area contributed by atoms with Gasteiger partial charge in [-0.3, -0.25) is 9.89 Å². The Bertz CT molecular complexity index is 181. The van der Waals surface area contributed by atoms with Gasteiger partial charge in [0.25, 0.3) is 0 Å². The number of nitrogens with two attached hydrogens (primary N) is 2. The molecule has 76 valence electrons. The van der Waals surface area contributed by atoms with Gasteiger partial charge < -0.3 is 11.5 Å². The lowest BCUT2D eigenvalue weighted by atomic mass is 10.1. The molecule has 1 atom stereocenters. The van der Waals surface area contributed by atoms with Crippen molar-refractivity contribution in [1.29, 1.82) is 0 Å². The second-order valence-corrected chi connectivity index (χ2v) is 4.20. The van der Waals surface area contributed by atoms with E-state index in [-0.39, 0.29) is 5.96 Å². The summed E-state index contributed by atoms with van der Waals surface area (Å²) in [6.07, 6.45) is 2.06. The topological polar surface area (TPSA) is 67.6 Å². The van der Waals surface area contributed by atoms with Crippen molar-refractivity contribution in [2.75, 3.05) is 13.1 Å². The van der Waals surface area contributed by atoms with E-state index in [0.29, 0.717) is 11.4 Å². The van der Waals surface area contributed by atoms with E-state index in [4.69, 9.17) is 11.5 Å². The first kappa shape index (κ1) is 10.7. The molecule has 0 radical (unpaired) electrons. The zero-order chi connectivity index (χ0) is 9.84. The average molecular weight is 202 g/mol. The number of hydrogen-bond donors (Lipinski definition) is 3. The van der Waals surface area contributed by atoms with Crippen LogP contribution in [0, 0.1) is 0 Å². The van der Waals surface area contributed by atoms with Crippen molar-refractivity contribution in [3.05, 3.63) is 0 Å². The van der Waals surface area contributed by atoms with E-state index >= 15 is 0 Å². The lowest BCUT2D eigenvalue weighted by molar-refractivity contribution is 0.209. The molecule has 0 bridgehead atoms. The maximum Gasteiger partial charge on any atom is 0.186 e. The van der Waals surface area contributed by atoms with Gasteiger partial charge in [0.1, 0.15) is 0 Å². The van der Waals surface area contributed by atoms with Crippen molar-refractivity contribution in [3.8, 4) is 0 Å². The van der Waals surface area contributed by atoms with Crippen LogP contribution in [0.5, 0.6) is 0 Å². The molecule has 0 aromatic rings. The Morgan fingerprint density at radius 1 is 1.46 bits per heavy atom. The van der Waals surface area contributed by atoms with Crippen molar-refractivity contribution in [2.24, 2.45) is 16.5 Å². The van der Waals surface area contributed by atoms with E-state index in [2.05, 4.69) is 29.4 Å². The van der Waals surface area contributed by atoms with Crippen LogP contribution >= 0.6 is 12.6 Å². The van der Waals surface area contributed by atoms with Crippen molar-refractivity contribution in [1.82, 2.24) is 4.90 Å². The van der Waals surface area contributed by atoms with E-state index in [1.165, 1.54) is 0 Å². The first-order valence-corrected chi connectivity index (χ1v) is 5.12. The summed E-state index contributed by atoms with van der Waals surface area (Å²) in [5.74, 6) is 0.206. The van der Waals surface area contributed by atoms with Crippen molar-refractivity contribution in [3.63, 3.8) is 0 Å². The Balaban J connectivity index is 2.35. The fraction of sp³-hybridized carbons (Fsp3) is 0.875. The predicted molar refractivity (Wildman–Crippen MR) is 58.9 cm³/mol. The predicted octanol–water partition coefficient (Wildman–Crippen LogP) is -0.000000000000000389. The Kier molecular flexibility index (Phi) is 3.87. The summed E-state index contributed by atoms with van der Waals surface area (Å²) in [6.45, 7) is 4.15. The van der Waals surface area contributed by atoms with Crippen molar-refractivity contribution < 1.29 is 0 Å². The standard InChI is InChI=1S/C8H18N4S/c1-6(13)12-4-2-7(3-5-12)11-8(9)10/h6-7,13H,2-5H2,1H3,(H4,9,10,11). The summed E-state index contributed by atoms with van der Waals surface area (Å²) in [4.78, 5) is 6.47. The summed E-state index contributed by atoms with van der Waals surface area (Å²) in [7, 11) is 0. The summed E-state index contributed by atoms with van der Waals surface area (Å²) in [5.41, 5.74) is 10.6. The third-order valence-corrected chi connectivity index (χ3v) is 2.69. The van der Waals surface area contributed by atoms with Gasteiger partial charge in [0.05, 0.1) is 6.04 Å². The molecule has 1 unspecified atom stereocenters. The highest BCUT2D eigenvalue weighted by Crippen LogP contribution is 2.16. The summed E-state index contributed by atoms with van der Waals surface area (Å²) in [5, 5.41) is 0.333. The van der Waals surface area contributed by atoms with Gasteiger partial charge >= 0.3 is 0 Å². The number of nitrogens with zero attached hydrogens (tertiary/aromatic N) is 2. The van der Waals surface area contributed by atoms with E-state index < -0.39 is 0 Å². The van der Waals surface area contributed by atoms with Crippen LogP contribution in [0.4, 0.5) is 0 Å². The maximum atomic E-state index is 5.32. The van der Waals surface area contributed by atoms with Gasteiger partial charge in [-0.15, -0.1) is 0 Å². The van der Waals surface area contributed by atoms with Gasteiger partial charge in [-0.1, -0.05) is 0 Å². The molecule has 4 nitrogen and oxygen atoms in total. The number of aliphatic imine (C=N–C) groups is 1. The number of hydrogen-bond acceptors (Lipinski definition) is 3. The molecular formula is C8H18N4S. The second kappa shape index (κ2) is 4.72. The van der Waals surface area contributed by atoms with Gasteiger partial charge in [0.2, 0.25) is 0 Å². The number of piperidine rings is 1. The van der Waals surface area contributed by atoms with Crippen LogP contribution in [0.1, 0.15) is 19.8 Å². The monoisotopic (exact) mass is 202 g/mol. The molecule has 1 aliphatic heterocycles. The molecule has 5 heteroatoms. The van der Waals surface area contributed by atoms with Gasteiger partial charge in [0.15, 0.2) is 5.96 Å². The molecule has 0 aromatic carbocycles. The largest absolute Gasteiger partial charge is 0.370 e. The summed E-state index contributed by atoms with van der Waals surface area (Å²) < 4.78 is 0. The third-order valence-electron chi connectivity index (χ3n) is 2.36. The molecular weight excluding hydrogens is 184 g/mol. The molecule has 4 N–H and O–H groups in total. The molecule has 1 saturated heterocycles. The van der Waals surface area contributed by atoms with E-state index in [9.17, 15) is 0 Å². The zero-order valence-electron chi connectivity index (χ0n) is 7.98. The van der Waals surface area contributed by atoms with Gasteiger partial charge in [-0.25, -0.2) is 0 Å². The molecule has 0 amide bonds. The molecule has 1 rings (SSSR count). The number of thiol groups is 1. The van der Waals surface area contributed by atoms with Gasteiger partial charge in [-0.05, 0) is 19.8 Å². The Labute approximate surface area is 84.8 Å². The molecule has 0 aromatic heterocycles. The number of guanidine groups is 1. The van der Waals surface area contributed by atoms with Crippen LogP contribution in [0.2, 0.25) is 0 Å². The maximum absolute atomic E-state index is 5.32. The molecule has 1 fully saturated rings. The molecule has 0 saturated carbocycles. The number of rotatable bonds is 2. The van der Waals surface area contributed by atoms with Crippen LogP contribution in [-0.4, -0.2) is 35.4 Å². The lowest BCUT2D eigenvalue weighted by Gasteiger charge is -2.32. The SMILES string of the molecule is CC(S)N1CCC(N=C(N)N)CC1. The molecule has 0 aliphatic carbocycles. The highest BCUT2D eigenvalue weighted by molar-refractivity contribution is 7.80. The fourth-order valence-electron chi connectivity index (χ4n) is 1.60. The quantitative estimate of drug-likeness (QED) is 0.335. The van der Waals surface area contributed by atoms with E-state index in [1.54, 1.807) is 0 Å². The minimum absolute atomic E-state index is 0.206. The lowest BCUT2D eigenvalue weighted by Crippen LogP contribution is -2.39. The average Bonchev–Trinajstić information content (AvgIpc) is 2.04. The Morgan fingerprint density at radius 2 is 2.00 bits per heavy atom. The van der Waals surface area contributed by atoms with E-state index in [0.717, 1.165) is 25.9 Å². The Morgan fingerprint density at radius 3 is 2.38 bits per heavy atom. The van der Waals surface area contributed by atoms with Crippen LogP contribution < -0.4 is 11.5 Å². The fourth-order valence-corrected chi connectivity index (χ4v) is 1.83. The Hall–Kier alpha value is -0.420. The first-order valence-electron chi connectivity index (χ1n) is 4.60. The smallest absolute Gasteiger partial charge is 0.186 e. The second-order valence-electron chi connectivity index (χ2n) is 3.45. The molecule has 1 aliphatic rings. The molecule has 1 heterocycles. The third kappa shape index (κ3) is 3.44. The van der Waals surface area contributed by atoms with Crippen molar-refractivity contribution in [2.45, 2.75) is 31.2 Å². The van der Waals surface area contributed by atoms with E-state index in [1.807, 2.05) is 0 Å². The van der Waals surface area contributed by atoms with Crippen LogP contribution in [0.15, 0.2) is 4.99 Å². The number of likely N-dealkylation sites (tertiary alicyclic amines) is 1. The van der Waals surface area contributed by atoms with Crippen molar-refractivity contribution >= 4 is 18.6 Å². The summed E-state index contributed by atoms with van der Waals surface area (Å²) >= 11 is 4.38. The van der Waals surface area contributed by atoms with Crippen LogP contribution in [0.25, 0.3) is 0 Å². The zero-order valence-corrected chi connectivity index (χ0v) is 8.87. The molecule has 13 heavy (non-hydrogen) atoms. The minimum Gasteiger partial charge on any atom is -0.370 e. The van der Waals surface area contributed by atoms with Gasteiger partial charge in [-0.2, -0.15) is 12.6 Å². The van der Waals surface area contributed by atoms with Gasteiger partial charge in [0, 0.05) is 18.5 Å². The van der Waals surface area contributed by atoms with Crippen LogP contribution in [-0.2, 0) is 0 Å². The first-order chi connectivity index (χ1) is 6.09. The van der Waals surface area contributed by atoms with Crippen LogP contribution in [0.3, 0.4) is 0 Å². The summed E-state index contributed by atoms with van der Waals surface area (Å²) in [6, 6.07) is 0.313. The highest BCUT2D eigenvalue weighted by atomic mass is 32.1. The minimum atomic E-state index is 0.206. The highest BCUT2D eigenvalue weighted by Gasteiger charge is 2.20.